The summed E-state index contributed by atoms with van der Waals surface area (Å²) in [7, 11) is -2.31. The summed E-state index contributed by atoms with van der Waals surface area (Å²) in [6.07, 6.45) is 6.89. The van der Waals surface area contributed by atoms with E-state index in [-0.39, 0.29) is 0 Å². The van der Waals surface area contributed by atoms with E-state index in [9.17, 15) is 13.2 Å². The average molecular weight is 549 g/mol. The topological polar surface area (TPSA) is 84.9 Å². The molecule has 0 aromatic heterocycles. The maximum atomic E-state index is 13.1. The highest BCUT2D eigenvalue weighted by Crippen LogP contribution is 2.36. The molecule has 1 N–H and O–H groups in total. The number of aryl methyl sites for hydroxylation is 1. The van der Waals surface area contributed by atoms with Crippen molar-refractivity contribution in [3.05, 3.63) is 58.1 Å². The van der Waals surface area contributed by atoms with Crippen LogP contribution in [0.4, 0.5) is 5.69 Å². The summed E-state index contributed by atoms with van der Waals surface area (Å²) in [5.74, 6) is 0.674. The van der Waals surface area contributed by atoms with Gasteiger partial charge in [0.1, 0.15) is 12.4 Å². The molecule has 1 aliphatic heterocycles. The molecule has 1 aliphatic carbocycles. The molecule has 1 atom stereocenters. The molecule has 2 aliphatic rings. The number of benzene rings is 2. The molecular weight excluding hydrogens is 512 g/mol. The molecule has 2 aromatic carbocycles. The molecule has 37 heavy (non-hydrogen) atoms. The Labute approximate surface area is 225 Å². The lowest BCUT2D eigenvalue weighted by Gasteiger charge is -2.34. The van der Waals surface area contributed by atoms with Crippen molar-refractivity contribution in [3.63, 3.8) is 0 Å². The molecule has 1 saturated carbocycles. The Hall–Kier alpha value is -2.29. The molecule has 1 heterocycles. The van der Waals surface area contributed by atoms with Crippen LogP contribution in [-0.4, -0.2) is 46.4 Å². The SMILES string of the molecule is COCC[C@H](C)S(=O)(=O)NC(=O)c1ccc2c(c1)N(CC1CCC1)CCCCc1cc(Cl)ccc1CO2. The lowest BCUT2D eigenvalue weighted by atomic mass is 9.85. The fourth-order valence-electron chi connectivity index (χ4n) is 4.79. The molecule has 1 fully saturated rings. The van der Waals surface area contributed by atoms with Crippen molar-refractivity contribution in [1.29, 1.82) is 0 Å². The molecule has 2 aromatic rings. The van der Waals surface area contributed by atoms with Gasteiger partial charge in [-0.05, 0) is 92.8 Å². The van der Waals surface area contributed by atoms with Gasteiger partial charge in [-0.3, -0.25) is 4.79 Å². The van der Waals surface area contributed by atoms with Crippen molar-refractivity contribution in [2.24, 2.45) is 5.92 Å². The summed E-state index contributed by atoms with van der Waals surface area (Å²) in [5, 5.41) is -0.0217. The number of sulfonamides is 1. The largest absolute Gasteiger partial charge is 0.487 e. The monoisotopic (exact) mass is 548 g/mol. The number of hydrogen-bond donors (Lipinski definition) is 1. The van der Waals surface area contributed by atoms with Crippen LogP contribution in [-0.2, 0) is 27.8 Å². The van der Waals surface area contributed by atoms with Crippen LogP contribution in [0.25, 0.3) is 0 Å². The van der Waals surface area contributed by atoms with Crippen molar-refractivity contribution < 1.29 is 22.7 Å². The summed E-state index contributed by atoms with van der Waals surface area (Å²) >= 11 is 6.26. The van der Waals surface area contributed by atoms with Gasteiger partial charge in [0.15, 0.2) is 0 Å². The van der Waals surface area contributed by atoms with Crippen LogP contribution < -0.4 is 14.4 Å². The number of anilines is 1. The van der Waals surface area contributed by atoms with Crippen LogP contribution in [0.2, 0.25) is 5.02 Å². The maximum Gasteiger partial charge on any atom is 0.264 e. The molecule has 0 unspecified atom stereocenters. The normalized spacial score (nSPS) is 17.4. The Morgan fingerprint density at radius 1 is 1.16 bits per heavy atom. The molecule has 0 bridgehead atoms. The molecule has 202 valence electrons. The Morgan fingerprint density at radius 3 is 2.70 bits per heavy atom. The van der Waals surface area contributed by atoms with E-state index >= 15 is 0 Å². The lowest BCUT2D eigenvalue weighted by molar-refractivity contribution is 0.0980. The lowest BCUT2D eigenvalue weighted by Crippen LogP contribution is -2.38. The number of halogens is 1. The van der Waals surface area contributed by atoms with Crippen molar-refractivity contribution in [1.82, 2.24) is 4.72 Å². The number of carbonyl (C=O) groups is 1. The predicted molar refractivity (Wildman–Crippen MR) is 147 cm³/mol. The Morgan fingerprint density at radius 2 is 1.97 bits per heavy atom. The van der Waals surface area contributed by atoms with Gasteiger partial charge in [-0.25, -0.2) is 13.1 Å². The van der Waals surface area contributed by atoms with Crippen molar-refractivity contribution in [3.8, 4) is 5.75 Å². The number of carbonyl (C=O) groups excluding carboxylic acids is 1. The van der Waals surface area contributed by atoms with E-state index < -0.39 is 21.2 Å². The Kier molecular flexibility index (Phi) is 9.37. The maximum absolute atomic E-state index is 13.1. The smallest absolute Gasteiger partial charge is 0.264 e. The van der Waals surface area contributed by atoms with Crippen LogP contribution in [0, 0.1) is 5.92 Å². The van der Waals surface area contributed by atoms with Crippen LogP contribution in [0.3, 0.4) is 0 Å². The summed E-state index contributed by atoms with van der Waals surface area (Å²) in [5.41, 5.74) is 3.43. The van der Waals surface area contributed by atoms with Gasteiger partial charge >= 0.3 is 0 Å². The number of fused-ring (bicyclic) bond motifs is 2. The Bertz CT molecular complexity index is 1200. The second-order valence-electron chi connectivity index (χ2n) is 10.2. The minimum atomic E-state index is -3.83. The van der Waals surface area contributed by atoms with E-state index in [1.807, 2.05) is 18.2 Å². The third-order valence-electron chi connectivity index (χ3n) is 7.43. The first kappa shape index (κ1) is 27.7. The number of nitrogens with zero attached hydrogens (tertiary/aromatic N) is 1. The minimum absolute atomic E-state index is 0.297. The van der Waals surface area contributed by atoms with Crippen molar-refractivity contribution in [2.45, 2.75) is 63.7 Å². The van der Waals surface area contributed by atoms with E-state index in [1.54, 1.807) is 25.1 Å². The number of nitrogens with one attached hydrogen (secondary N) is 1. The van der Waals surface area contributed by atoms with Gasteiger partial charge in [0.05, 0.1) is 10.9 Å². The zero-order valence-corrected chi connectivity index (χ0v) is 23.2. The second-order valence-corrected chi connectivity index (χ2v) is 12.7. The van der Waals surface area contributed by atoms with Gasteiger partial charge in [-0.15, -0.1) is 0 Å². The van der Waals surface area contributed by atoms with Crippen LogP contribution in [0.15, 0.2) is 36.4 Å². The van der Waals surface area contributed by atoms with E-state index in [0.717, 1.165) is 48.6 Å². The van der Waals surface area contributed by atoms with E-state index in [2.05, 4.69) is 9.62 Å². The summed E-state index contributed by atoms with van der Waals surface area (Å²) in [6, 6.07) is 11.1. The first-order valence-electron chi connectivity index (χ1n) is 13.1. The van der Waals surface area contributed by atoms with Crippen LogP contribution >= 0.6 is 11.6 Å². The minimum Gasteiger partial charge on any atom is -0.487 e. The second kappa shape index (κ2) is 12.5. The highest BCUT2D eigenvalue weighted by atomic mass is 35.5. The van der Waals surface area contributed by atoms with Gasteiger partial charge in [-0.2, -0.15) is 0 Å². The van der Waals surface area contributed by atoms with Crippen LogP contribution in [0.1, 0.15) is 66.9 Å². The number of ether oxygens (including phenoxy) is 2. The van der Waals surface area contributed by atoms with Gasteiger partial charge in [0.25, 0.3) is 5.91 Å². The fourth-order valence-corrected chi connectivity index (χ4v) is 5.97. The predicted octanol–water partition coefficient (Wildman–Crippen LogP) is 5.35. The molecule has 1 amide bonds. The molecule has 0 saturated heterocycles. The van der Waals surface area contributed by atoms with E-state index in [1.165, 1.54) is 31.9 Å². The Balaban J connectivity index is 1.62. The quantitative estimate of drug-likeness (QED) is 0.479. The molecular formula is C28H37ClN2O5S. The molecule has 9 heteroatoms. The third-order valence-corrected chi connectivity index (χ3v) is 9.43. The number of hydrogen-bond acceptors (Lipinski definition) is 6. The van der Waals surface area contributed by atoms with Crippen molar-refractivity contribution in [2.75, 3.05) is 31.7 Å². The summed E-state index contributed by atoms with van der Waals surface area (Å²) < 4.78 is 39.0. The van der Waals surface area contributed by atoms with Crippen molar-refractivity contribution >= 4 is 33.2 Å². The van der Waals surface area contributed by atoms with E-state index in [4.69, 9.17) is 21.1 Å². The van der Waals surface area contributed by atoms with Crippen LogP contribution in [0.5, 0.6) is 5.75 Å². The van der Waals surface area contributed by atoms with Gasteiger partial charge in [0.2, 0.25) is 10.0 Å². The highest BCUT2D eigenvalue weighted by molar-refractivity contribution is 7.90. The number of rotatable bonds is 8. The summed E-state index contributed by atoms with van der Waals surface area (Å²) in [6.45, 7) is 4.00. The molecule has 0 radical (unpaired) electrons. The van der Waals surface area contributed by atoms with Gasteiger partial charge < -0.3 is 14.4 Å². The zero-order valence-electron chi connectivity index (χ0n) is 21.7. The standard InChI is InChI=1S/C28H37ClN2O5S/c1-20(13-15-35-2)37(33,34)30-28(32)23-10-12-27-26(17-23)31(18-21-6-5-7-21)14-4-3-8-22-16-25(29)11-9-24(22)19-36-27/h9-12,16-17,20-21H,3-8,13-15,18-19H2,1-2H3,(H,30,32)/t20-/m0/s1. The third kappa shape index (κ3) is 7.18. The summed E-state index contributed by atoms with van der Waals surface area (Å²) in [4.78, 5) is 15.4. The van der Waals surface area contributed by atoms with Gasteiger partial charge in [-0.1, -0.05) is 24.1 Å². The van der Waals surface area contributed by atoms with E-state index in [0.29, 0.717) is 36.9 Å². The molecule has 7 nitrogen and oxygen atoms in total. The number of amides is 1. The molecule has 0 spiro atoms. The van der Waals surface area contributed by atoms with Gasteiger partial charge in [0, 0.05) is 37.4 Å². The zero-order chi connectivity index (χ0) is 26.4. The average Bonchev–Trinajstić information content (AvgIpc) is 2.87. The molecule has 4 rings (SSSR count). The first-order valence-corrected chi connectivity index (χ1v) is 15.0. The number of methoxy groups -OCH3 is 1. The fraction of sp³-hybridized carbons (Fsp3) is 0.536. The first-order chi connectivity index (χ1) is 17.8. The highest BCUT2D eigenvalue weighted by Gasteiger charge is 2.26.